The topological polar surface area (TPSA) is 63.5 Å². The smallest absolute Gasteiger partial charge is 0.259 e. The predicted molar refractivity (Wildman–Crippen MR) is 129 cm³/mol. The van der Waals surface area contributed by atoms with Crippen LogP contribution >= 0.6 is 11.6 Å². The fourth-order valence-corrected chi connectivity index (χ4v) is 5.12. The van der Waals surface area contributed by atoms with Gasteiger partial charge in [0.2, 0.25) is 0 Å². The molecule has 0 radical (unpaired) electrons. The van der Waals surface area contributed by atoms with Crippen LogP contribution in [0, 0.1) is 5.41 Å². The number of rotatable bonds is 4. The van der Waals surface area contributed by atoms with Crippen LogP contribution in [0.15, 0.2) is 71.0 Å². The summed E-state index contributed by atoms with van der Waals surface area (Å²) in [5, 5.41) is 4.93. The molecule has 0 fully saturated rings. The minimum absolute atomic E-state index is 0.00312. The number of nitrogens with zero attached hydrogens (tertiary/aromatic N) is 2. The molecule has 1 N–H and O–H groups in total. The summed E-state index contributed by atoms with van der Waals surface area (Å²) < 4.78 is 44.1. The average Bonchev–Trinajstić information content (AvgIpc) is 3.07. The molecule has 4 rings (SSSR count). The van der Waals surface area contributed by atoms with Crippen LogP contribution in [-0.4, -0.2) is 18.0 Å². The van der Waals surface area contributed by atoms with Crippen molar-refractivity contribution < 1.29 is 12.8 Å². The van der Waals surface area contributed by atoms with Crippen LogP contribution in [0.4, 0.5) is 10.2 Å². The first-order valence-corrected chi connectivity index (χ1v) is 12.3. The monoisotopic (exact) mass is 473 g/mol. The number of halogens is 2. The Hall–Kier alpha value is -2.64. The summed E-state index contributed by atoms with van der Waals surface area (Å²) in [6, 6.07) is 4.91. The third-order valence-electron chi connectivity index (χ3n) is 5.57. The number of sulfonamides is 1. The van der Waals surface area contributed by atoms with Crippen molar-refractivity contribution in [3.8, 4) is 0 Å². The van der Waals surface area contributed by atoms with Crippen LogP contribution in [-0.2, 0) is 10.0 Å². The van der Waals surface area contributed by atoms with Crippen molar-refractivity contribution in [1.82, 2.24) is 9.61 Å². The normalized spacial score (nSPS) is 17.4. The maximum atomic E-state index is 13.9. The summed E-state index contributed by atoms with van der Waals surface area (Å²) in [6.07, 6.45) is 11.6. The molecule has 0 amide bonds. The van der Waals surface area contributed by atoms with E-state index in [1.54, 1.807) is 30.4 Å². The summed E-state index contributed by atoms with van der Waals surface area (Å²) in [4.78, 5) is 0.323. The second-order valence-corrected chi connectivity index (χ2v) is 11.0. The molecule has 2 aromatic heterocycles. The van der Waals surface area contributed by atoms with Gasteiger partial charge in [0.25, 0.3) is 10.0 Å². The van der Waals surface area contributed by atoms with Crippen LogP contribution in [0.25, 0.3) is 11.1 Å². The Labute approximate surface area is 192 Å². The van der Waals surface area contributed by atoms with Crippen LogP contribution in [0.3, 0.4) is 0 Å². The molecule has 0 saturated carbocycles. The lowest BCUT2D eigenvalue weighted by Crippen LogP contribution is -2.20. The van der Waals surface area contributed by atoms with Crippen molar-refractivity contribution >= 4 is 38.5 Å². The first kappa shape index (κ1) is 22.6. The number of nitrogens with one attached hydrogen (secondary N) is 1. The molecule has 2 heterocycles. The highest BCUT2D eigenvalue weighted by Gasteiger charge is 2.25. The highest BCUT2D eigenvalue weighted by molar-refractivity contribution is 7.96. The zero-order chi connectivity index (χ0) is 23.1. The number of allylic oxidation sites excluding steroid dienone is 10. The van der Waals surface area contributed by atoms with Gasteiger partial charge in [-0.1, -0.05) is 56.2 Å². The molecule has 0 aliphatic heterocycles. The van der Waals surface area contributed by atoms with E-state index in [2.05, 4.69) is 30.6 Å². The van der Waals surface area contributed by atoms with Gasteiger partial charge in [0, 0.05) is 5.57 Å². The van der Waals surface area contributed by atoms with Gasteiger partial charge in [-0.2, -0.15) is 5.10 Å². The van der Waals surface area contributed by atoms with Crippen LogP contribution in [0.2, 0.25) is 5.02 Å². The molecule has 32 heavy (non-hydrogen) atoms. The van der Waals surface area contributed by atoms with E-state index in [0.29, 0.717) is 46.0 Å². The predicted octanol–water partition coefficient (Wildman–Crippen LogP) is 6.58. The molecule has 0 spiro atoms. The van der Waals surface area contributed by atoms with Gasteiger partial charge in [-0.05, 0) is 61.1 Å². The maximum absolute atomic E-state index is 13.9. The molecule has 2 aliphatic carbocycles. The lowest BCUT2D eigenvalue weighted by Gasteiger charge is -2.26. The van der Waals surface area contributed by atoms with E-state index in [9.17, 15) is 12.8 Å². The molecule has 0 bridgehead atoms. The quantitative estimate of drug-likeness (QED) is 0.545. The van der Waals surface area contributed by atoms with Crippen LogP contribution < -0.4 is 4.72 Å². The van der Waals surface area contributed by atoms with Crippen molar-refractivity contribution in [2.24, 2.45) is 5.41 Å². The first-order valence-electron chi connectivity index (χ1n) is 10.4. The van der Waals surface area contributed by atoms with Crippen molar-refractivity contribution in [3.05, 3.63) is 81.7 Å². The Morgan fingerprint density at radius 1 is 1.19 bits per heavy atom. The SMILES string of the molecule is CC(C)(C)C1=CC=C(S(=O)(=O)Nc2ccc(Cl)c3cc(C4=CCC=CC(F)=C4)nn23)CC1. The van der Waals surface area contributed by atoms with Gasteiger partial charge in [0.05, 0.1) is 21.1 Å². The Morgan fingerprint density at radius 3 is 2.66 bits per heavy atom. The van der Waals surface area contributed by atoms with Gasteiger partial charge in [-0.25, -0.2) is 17.3 Å². The summed E-state index contributed by atoms with van der Waals surface area (Å²) in [6.45, 7) is 6.35. The van der Waals surface area contributed by atoms with E-state index in [4.69, 9.17) is 11.6 Å². The average molecular weight is 474 g/mol. The molecule has 8 heteroatoms. The number of anilines is 1. The van der Waals surface area contributed by atoms with Gasteiger partial charge >= 0.3 is 0 Å². The van der Waals surface area contributed by atoms with Gasteiger partial charge in [0.15, 0.2) is 0 Å². The summed E-state index contributed by atoms with van der Waals surface area (Å²) in [5.74, 6) is -0.108. The van der Waals surface area contributed by atoms with Crippen molar-refractivity contribution in [1.29, 1.82) is 0 Å². The first-order chi connectivity index (χ1) is 15.0. The molecule has 0 atom stereocenters. The summed E-state index contributed by atoms with van der Waals surface area (Å²) >= 11 is 6.34. The van der Waals surface area contributed by atoms with Crippen molar-refractivity contribution in [2.75, 3.05) is 4.72 Å². The molecule has 2 aromatic rings. The molecule has 168 valence electrons. The standard InChI is InChI=1S/C24H25ClFN3O2S/c1-24(2,3)17-8-10-19(11-9-17)32(30,31)28-23-13-12-20(25)22-15-21(27-29(22)23)16-6-4-5-7-18(26)14-16/h5-8,10,12-15,28H,4,9,11H2,1-3H3. The van der Waals surface area contributed by atoms with E-state index < -0.39 is 10.0 Å². The molecule has 5 nitrogen and oxygen atoms in total. The van der Waals surface area contributed by atoms with Crippen LogP contribution in [0.1, 0.15) is 45.7 Å². The Bertz CT molecular complexity index is 1340. The molecule has 0 saturated heterocycles. The Morgan fingerprint density at radius 2 is 1.97 bits per heavy atom. The Kier molecular flexibility index (Phi) is 5.90. The van der Waals surface area contributed by atoms with Crippen LogP contribution in [0.5, 0.6) is 0 Å². The van der Waals surface area contributed by atoms with E-state index >= 15 is 0 Å². The molecule has 0 unspecified atom stereocenters. The minimum atomic E-state index is -3.77. The number of pyridine rings is 1. The number of hydrogen-bond donors (Lipinski definition) is 1. The maximum Gasteiger partial charge on any atom is 0.259 e. The van der Waals surface area contributed by atoms with Gasteiger partial charge in [-0.15, -0.1) is 0 Å². The second-order valence-electron chi connectivity index (χ2n) is 8.90. The zero-order valence-electron chi connectivity index (χ0n) is 18.2. The van der Waals surface area contributed by atoms with E-state index in [-0.39, 0.29) is 17.1 Å². The largest absolute Gasteiger partial charge is 0.264 e. The van der Waals surface area contributed by atoms with Crippen molar-refractivity contribution in [2.45, 2.75) is 40.0 Å². The fraction of sp³-hybridized carbons (Fsp3) is 0.292. The lowest BCUT2D eigenvalue weighted by molar-refractivity contribution is 0.480. The highest BCUT2D eigenvalue weighted by atomic mass is 35.5. The number of aromatic nitrogens is 2. The minimum Gasteiger partial charge on any atom is -0.264 e. The molecule has 2 aliphatic rings. The van der Waals surface area contributed by atoms with E-state index in [1.807, 2.05) is 12.2 Å². The van der Waals surface area contributed by atoms with E-state index in [1.165, 1.54) is 22.2 Å². The summed E-state index contributed by atoms with van der Waals surface area (Å²) in [5.41, 5.74) is 2.86. The molecular formula is C24H25ClFN3O2S. The van der Waals surface area contributed by atoms with Crippen molar-refractivity contribution in [3.63, 3.8) is 0 Å². The third kappa shape index (κ3) is 4.59. The van der Waals surface area contributed by atoms with Gasteiger partial charge in [-0.3, -0.25) is 4.72 Å². The number of hydrogen-bond acceptors (Lipinski definition) is 3. The Balaban J connectivity index is 1.70. The highest BCUT2D eigenvalue weighted by Crippen LogP contribution is 2.35. The van der Waals surface area contributed by atoms with Gasteiger partial charge in [0.1, 0.15) is 11.6 Å². The summed E-state index contributed by atoms with van der Waals surface area (Å²) in [7, 11) is -3.77. The fourth-order valence-electron chi connectivity index (χ4n) is 3.74. The second kappa shape index (κ2) is 8.37. The van der Waals surface area contributed by atoms with E-state index in [0.717, 1.165) is 0 Å². The zero-order valence-corrected chi connectivity index (χ0v) is 19.8. The number of fused-ring (bicyclic) bond motifs is 1. The van der Waals surface area contributed by atoms with Gasteiger partial charge < -0.3 is 0 Å². The molecule has 0 aromatic carbocycles. The molecular weight excluding hydrogens is 449 g/mol. The third-order valence-corrected chi connectivity index (χ3v) is 7.40. The lowest BCUT2D eigenvalue weighted by atomic mass is 9.82.